The third-order valence-electron chi connectivity index (χ3n) is 3.58. The molecule has 0 spiro atoms. The van der Waals surface area contributed by atoms with Crippen molar-refractivity contribution in [2.45, 2.75) is 42.7 Å². The Bertz CT molecular complexity index is 542. The lowest BCUT2D eigenvalue weighted by Crippen LogP contribution is -2.36. The van der Waals surface area contributed by atoms with Gasteiger partial charge < -0.3 is 10.4 Å². The van der Waals surface area contributed by atoms with Crippen LogP contribution in [0.15, 0.2) is 23.2 Å². The highest BCUT2D eigenvalue weighted by Crippen LogP contribution is 2.22. The van der Waals surface area contributed by atoms with Crippen molar-refractivity contribution in [1.29, 1.82) is 0 Å². The molecule has 0 aromatic carbocycles. The van der Waals surface area contributed by atoms with Crippen molar-refractivity contribution < 1.29 is 13.5 Å². The molecule has 1 heterocycles. The molecule has 20 heavy (non-hydrogen) atoms. The van der Waals surface area contributed by atoms with Crippen molar-refractivity contribution in [2.75, 3.05) is 19.4 Å². The van der Waals surface area contributed by atoms with Crippen molar-refractivity contribution in [3.63, 3.8) is 0 Å². The molecule has 0 aliphatic heterocycles. The highest BCUT2D eigenvalue weighted by atomic mass is 32.2. The van der Waals surface area contributed by atoms with E-state index in [-0.39, 0.29) is 17.0 Å². The Balaban J connectivity index is 2.09. The zero-order chi connectivity index (χ0) is 14.8. The monoisotopic (exact) mass is 299 g/mol. The predicted octanol–water partition coefficient (Wildman–Crippen LogP) is 1.05. The fourth-order valence-corrected chi connectivity index (χ4v) is 3.15. The summed E-state index contributed by atoms with van der Waals surface area (Å²) in [5.41, 5.74) is 0. The zero-order valence-corrected chi connectivity index (χ0v) is 12.6. The molecule has 7 heteroatoms. The summed E-state index contributed by atoms with van der Waals surface area (Å²) in [5, 5.41) is 13.1. The number of nitrogens with zero attached hydrogens (tertiary/aromatic N) is 2. The van der Waals surface area contributed by atoms with Crippen LogP contribution in [0.5, 0.6) is 0 Å². The summed E-state index contributed by atoms with van der Waals surface area (Å²) in [6.07, 6.45) is 4.81. The second kappa shape index (κ2) is 6.07. The molecule has 0 saturated heterocycles. The van der Waals surface area contributed by atoms with Gasteiger partial charge in [-0.05, 0) is 25.0 Å². The van der Waals surface area contributed by atoms with Crippen molar-refractivity contribution in [1.82, 2.24) is 9.29 Å². The van der Waals surface area contributed by atoms with E-state index in [2.05, 4.69) is 10.3 Å². The van der Waals surface area contributed by atoms with Crippen LogP contribution in [0, 0.1) is 0 Å². The van der Waals surface area contributed by atoms with Gasteiger partial charge in [-0.25, -0.2) is 17.7 Å². The quantitative estimate of drug-likeness (QED) is 0.868. The Morgan fingerprint density at radius 2 is 2.00 bits per heavy atom. The van der Waals surface area contributed by atoms with E-state index < -0.39 is 10.0 Å². The minimum atomic E-state index is -3.44. The van der Waals surface area contributed by atoms with E-state index in [9.17, 15) is 13.5 Å². The van der Waals surface area contributed by atoms with Gasteiger partial charge in [-0.3, -0.25) is 0 Å². The summed E-state index contributed by atoms with van der Waals surface area (Å²) in [4.78, 5) is 4.29. The first-order valence-electron chi connectivity index (χ1n) is 6.74. The average molecular weight is 299 g/mol. The second-order valence-corrected chi connectivity index (χ2v) is 7.42. The number of nitrogens with one attached hydrogen (secondary N) is 1. The smallest absolute Gasteiger partial charge is 0.244 e. The molecule has 0 bridgehead atoms. The Hall–Kier alpha value is -1.18. The fraction of sp³-hybridized carbons (Fsp3) is 0.615. The predicted molar refractivity (Wildman–Crippen MR) is 77.0 cm³/mol. The van der Waals surface area contributed by atoms with Crippen LogP contribution in [0.25, 0.3) is 0 Å². The van der Waals surface area contributed by atoms with Crippen LogP contribution in [0.4, 0.5) is 5.82 Å². The first-order chi connectivity index (χ1) is 9.41. The van der Waals surface area contributed by atoms with Crippen LogP contribution in [-0.4, -0.2) is 49.1 Å². The Morgan fingerprint density at radius 1 is 1.30 bits per heavy atom. The fourth-order valence-electron chi connectivity index (χ4n) is 2.30. The van der Waals surface area contributed by atoms with E-state index in [0.29, 0.717) is 5.82 Å². The molecule has 1 aromatic rings. The second-order valence-electron chi connectivity index (χ2n) is 5.27. The number of pyridine rings is 1. The lowest BCUT2D eigenvalue weighted by Gasteiger charge is -2.28. The van der Waals surface area contributed by atoms with Gasteiger partial charge in [-0.1, -0.05) is 12.8 Å². The first kappa shape index (κ1) is 15.2. The molecule has 1 aliphatic rings. The van der Waals surface area contributed by atoms with Gasteiger partial charge >= 0.3 is 0 Å². The molecule has 2 atom stereocenters. The zero-order valence-electron chi connectivity index (χ0n) is 11.8. The number of aliphatic hydroxyl groups excluding tert-OH is 1. The average Bonchev–Trinajstić information content (AvgIpc) is 2.42. The molecule has 2 rings (SSSR count). The Labute approximate surface area is 119 Å². The highest BCUT2D eigenvalue weighted by molar-refractivity contribution is 7.89. The van der Waals surface area contributed by atoms with Gasteiger partial charge in [0, 0.05) is 20.3 Å². The maximum absolute atomic E-state index is 11.9. The number of rotatable bonds is 4. The van der Waals surface area contributed by atoms with Crippen LogP contribution in [0.2, 0.25) is 0 Å². The maximum Gasteiger partial charge on any atom is 0.244 e. The van der Waals surface area contributed by atoms with Gasteiger partial charge in [0.05, 0.1) is 12.1 Å². The maximum atomic E-state index is 11.9. The van der Waals surface area contributed by atoms with E-state index >= 15 is 0 Å². The van der Waals surface area contributed by atoms with Gasteiger partial charge in [0.15, 0.2) is 0 Å². The largest absolute Gasteiger partial charge is 0.391 e. The molecule has 0 radical (unpaired) electrons. The van der Waals surface area contributed by atoms with Crippen LogP contribution in [0.1, 0.15) is 25.7 Å². The van der Waals surface area contributed by atoms with Crippen molar-refractivity contribution in [3.05, 3.63) is 18.3 Å². The molecule has 1 saturated carbocycles. The molecule has 1 aliphatic carbocycles. The minimum Gasteiger partial charge on any atom is -0.391 e. The third-order valence-corrected chi connectivity index (χ3v) is 5.38. The summed E-state index contributed by atoms with van der Waals surface area (Å²) in [5.74, 6) is 0.591. The molecular formula is C13H21N3O3S. The molecule has 1 fully saturated rings. The van der Waals surface area contributed by atoms with Crippen molar-refractivity contribution >= 4 is 15.8 Å². The molecule has 2 N–H and O–H groups in total. The highest BCUT2D eigenvalue weighted by Gasteiger charge is 2.23. The number of aliphatic hydroxyl groups is 1. The minimum absolute atomic E-state index is 0.00689. The molecule has 6 nitrogen and oxygen atoms in total. The van der Waals surface area contributed by atoms with Crippen molar-refractivity contribution in [3.8, 4) is 0 Å². The lowest BCUT2D eigenvalue weighted by atomic mass is 9.92. The Kier molecular flexibility index (Phi) is 4.62. The number of aromatic nitrogens is 1. The topological polar surface area (TPSA) is 82.5 Å². The van der Waals surface area contributed by atoms with Crippen LogP contribution in [0.3, 0.4) is 0 Å². The van der Waals surface area contributed by atoms with Crippen LogP contribution in [-0.2, 0) is 10.0 Å². The summed E-state index contributed by atoms with van der Waals surface area (Å²) >= 11 is 0. The summed E-state index contributed by atoms with van der Waals surface area (Å²) in [6, 6.07) is 3.16. The SMILES string of the molecule is CN(C)S(=O)(=O)c1ccc(NC2CCCCC2O)nc1. The van der Waals surface area contributed by atoms with Crippen LogP contribution < -0.4 is 5.32 Å². The van der Waals surface area contributed by atoms with E-state index in [1.807, 2.05) is 0 Å². The molecule has 112 valence electrons. The molecule has 1 aromatic heterocycles. The van der Waals surface area contributed by atoms with E-state index in [1.54, 1.807) is 6.07 Å². The third kappa shape index (κ3) is 3.28. The molecule has 0 amide bonds. The van der Waals surface area contributed by atoms with Gasteiger partial charge in [-0.15, -0.1) is 0 Å². The molecule has 2 unspecified atom stereocenters. The van der Waals surface area contributed by atoms with Crippen molar-refractivity contribution in [2.24, 2.45) is 0 Å². The van der Waals surface area contributed by atoms with Gasteiger partial charge in [-0.2, -0.15) is 0 Å². The summed E-state index contributed by atoms with van der Waals surface area (Å²) in [7, 11) is -0.472. The number of sulfonamides is 1. The summed E-state index contributed by atoms with van der Waals surface area (Å²) in [6.45, 7) is 0. The number of hydrogen-bond donors (Lipinski definition) is 2. The van der Waals surface area contributed by atoms with Gasteiger partial charge in [0.2, 0.25) is 10.0 Å². The standard InChI is InChI=1S/C13H21N3O3S/c1-16(2)20(18,19)10-7-8-13(14-9-10)15-11-5-3-4-6-12(11)17/h7-9,11-12,17H,3-6H2,1-2H3,(H,14,15). The molecular weight excluding hydrogens is 278 g/mol. The van der Waals surface area contributed by atoms with Gasteiger partial charge in [0.1, 0.15) is 10.7 Å². The lowest BCUT2D eigenvalue weighted by molar-refractivity contribution is 0.116. The number of anilines is 1. The normalized spacial score (nSPS) is 23.8. The summed E-state index contributed by atoms with van der Waals surface area (Å²) < 4.78 is 25.0. The first-order valence-corrected chi connectivity index (χ1v) is 8.18. The van der Waals surface area contributed by atoms with Gasteiger partial charge in [0.25, 0.3) is 0 Å². The van der Waals surface area contributed by atoms with Crippen LogP contribution >= 0.6 is 0 Å². The van der Waals surface area contributed by atoms with E-state index in [0.717, 1.165) is 30.0 Å². The van der Waals surface area contributed by atoms with E-state index in [4.69, 9.17) is 0 Å². The number of hydrogen-bond acceptors (Lipinski definition) is 5. The Morgan fingerprint density at radius 3 is 2.55 bits per heavy atom. The van der Waals surface area contributed by atoms with E-state index in [1.165, 1.54) is 26.4 Å².